The third kappa shape index (κ3) is 6.59. The van der Waals surface area contributed by atoms with Crippen molar-refractivity contribution in [2.75, 3.05) is 16.5 Å². The predicted molar refractivity (Wildman–Crippen MR) is 267 cm³/mol. The lowest BCUT2D eigenvalue weighted by Crippen LogP contribution is -2.24. The maximum atomic E-state index is 8.62. The minimum absolute atomic E-state index is 0.00882. The molecule has 7 aromatic carbocycles. The quantitative estimate of drug-likeness (QED) is 0.167. The Hall–Kier alpha value is -7.31. The van der Waals surface area contributed by atoms with Gasteiger partial charge in [-0.15, -0.1) is 0 Å². The highest BCUT2D eigenvalue weighted by molar-refractivity contribution is 6.11. The predicted octanol–water partition coefficient (Wildman–Crippen LogP) is 16.0. The van der Waals surface area contributed by atoms with Gasteiger partial charge in [-0.1, -0.05) is 114 Å². The van der Waals surface area contributed by atoms with Gasteiger partial charge in [0.1, 0.15) is 35.2 Å². The highest BCUT2D eigenvalue weighted by atomic mass is 16.5. The van der Waals surface area contributed by atoms with Crippen LogP contribution in [0.25, 0.3) is 60.7 Å². The zero-order valence-electron chi connectivity index (χ0n) is 40.3. The van der Waals surface area contributed by atoms with Crippen LogP contribution in [0.3, 0.4) is 0 Å². The molecule has 4 heterocycles. The smallest absolute Gasteiger partial charge is 0.141 e. The summed E-state index contributed by atoms with van der Waals surface area (Å²) in [5.74, 6) is 2.00. The molecule has 0 spiro atoms. The lowest BCUT2D eigenvalue weighted by molar-refractivity contribution is 0.489. The van der Waals surface area contributed by atoms with Crippen LogP contribution in [0.1, 0.15) is 67.9 Å². The molecule has 6 heteroatoms. The summed E-state index contributed by atoms with van der Waals surface area (Å²) < 4.78 is 41.7. The number of aryl methyl sites for hydroxylation is 2. The largest absolute Gasteiger partial charge is 0.456 e. The molecule has 316 valence electrons. The van der Waals surface area contributed by atoms with Crippen molar-refractivity contribution < 1.29 is 13.3 Å². The first-order valence-electron chi connectivity index (χ1n) is 23.5. The minimum atomic E-state index is -2.32. The Morgan fingerprint density at radius 2 is 1.30 bits per heavy atom. The fourth-order valence-corrected chi connectivity index (χ4v) is 9.52. The number of nitrogens with zero attached hydrogens (tertiary/aromatic N) is 4. The summed E-state index contributed by atoms with van der Waals surface area (Å²) in [6.07, 6.45) is 1.77. The van der Waals surface area contributed by atoms with Crippen LogP contribution in [0.4, 0.5) is 22.7 Å². The van der Waals surface area contributed by atoms with E-state index in [2.05, 4.69) is 153 Å². The average Bonchev–Trinajstić information content (AvgIpc) is 3.98. The summed E-state index contributed by atoms with van der Waals surface area (Å²) >= 11 is 0. The first-order chi connectivity index (χ1) is 32.0. The van der Waals surface area contributed by atoms with Crippen molar-refractivity contribution in [3.8, 4) is 28.4 Å². The molecular weight excluding hydrogens is 785 g/mol. The number of para-hydroxylation sites is 4. The van der Waals surface area contributed by atoms with E-state index in [0.717, 1.165) is 83.2 Å². The minimum Gasteiger partial charge on any atom is -0.456 e. The highest BCUT2D eigenvalue weighted by Gasteiger charge is 2.30. The van der Waals surface area contributed by atoms with Crippen LogP contribution in [0.2, 0.25) is 0 Å². The summed E-state index contributed by atoms with van der Waals surface area (Å²) in [5, 5.41) is 3.98. The Balaban J connectivity index is 1.04. The maximum Gasteiger partial charge on any atom is 0.141 e. The molecule has 0 amide bonds. The van der Waals surface area contributed by atoms with Gasteiger partial charge in [0.15, 0.2) is 0 Å². The van der Waals surface area contributed by atoms with Crippen LogP contribution in [0.5, 0.6) is 11.5 Å². The lowest BCUT2D eigenvalue weighted by atomic mass is 9.83. The molecule has 1 aliphatic heterocycles. The van der Waals surface area contributed by atoms with Crippen molar-refractivity contribution in [3.05, 3.63) is 180 Å². The van der Waals surface area contributed by atoms with E-state index in [4.69, 9.17) is 18.3 Å². The van der Waals surface area contributed by atoms with Crippen LogP contribution >= 0.6 is 0 Å². The molecule has 0 unspecified atom stereocenters. The van der Waals surface area contributed by atoms with Crippen LogP contribution in [0.15, 0.2) is 162 Å². The number of ether oxygens (including phenoxy) is 1. The van der Waals surface area contributed by atoms with Crippen molar-refractivity contribution in [1.29, 1.82) is 0 Å². The molecule has 0 fully saturated rings. The molecule has 0 saturated carbocycles. The fraction of sp³-hybridized carbons (Fsp3) is 0.190. The Morgan fingerprint density at radius 1 is 0.594 bits per heavy atom. The number of fused-ring (bicyclic) bond motifs is 7. The molecule has 10 aromatic rings. The monoisotopic (exact) mass is 839 g/mol. The van der Waals surface area contributed by atoms with Gasteiger partial charge in [-0.2, -0.15) is 0 Å². The Bertz CT molecular complexity index is 3590. The molecule has 6 nitrogen and oxygen atoms in total. The van der Waals surface area contributed by atoms with Crippen LogP contribution in [-0.2, 0) is 10.8 Å². The van der Waals surface area contributed by atoms with E-state index in [1.807, 2.05) is 61.5 Å². The number of hydrogen-bond donors (Lipinski definition) is 0. The normalized spacial score (nSPS) is 14.1. The van der Waals surface area contributed by atoms with Crippen LogP contribution in [0, 0.1) is 13.8 Å². The van der Waals surface area contributed by atoms with Gasteiger partial charge in [-0.3, -0.25) is 4.57 Å². The standard InChI is InChI=1S/C58H52N4O2/c1-36-28-40(58(6,7)8)29-37(2)55(36)38-26-27-59-54(30-38)62-47-20-11-9-18-44(47)45-25-24-43(34-50(45)62)63-52-32-42(33-53-56(52)46-19-10-14-23-51(46)64-53)61-35-60(48-21-12-13-22-49(48)61)41-17-15-16-39(31-41)57(3,4)5/h9-34H,35H2,1-8H3/i1D3. The fourth-order valence-electron chi connectivity index (χ4n) is 9.52. The second-order valence-corrected chi connectivity index (χ2v) is 19.2. The second-order valence-electron chi connectivity index (χ2n) is 19.2. The number of benzene rings is 7. The number of hydrogen-bond acceptors (Lipinski definition) is 5. The van der Waals surface area contributed by atoms with Crippen molar-refractivity contribution in [1.82, 2.24) is 9.55 Å². The van der Waals surface area contributed by atoms with Crippen molar-refractivity contribution in [2.24, 2.45) is 0 Å². The van der Waals surface area contributed by atoms with E-state index in [1.165, 1.54) is 5.56 Å². The number of aromatic nitrogens is 2. The van der Waals surface area contributed by atoms with E-state index >= 15 is 0 Å². The Kier molecular flexibility index (Phi) is 8.28. The first-order valence-corrected chi connectivity index (χ1v) is 22.0. The molecule has 0 atom stereocenters. The van der Waals surface area contributed by atoms with Gasteiger partial charge in [0.25, 0.3) is 0 Å². The summed E-state index contributed by atoms with van der Waals surface area (Å²) in [6, 6.07) is 52.2. The highest BCUT2D eigenvalue weighted by Crippen LogP contribution is 2.48. The van der Waals surface area contributed by atoms with Gasteiger partial charge in [-0.05, 0) is 119 Å². The molecule has 0 N–H and O–H groups in total. The molecule has 1 aliphatic rings. The number of pyridine rings is 1. The van der Waals surface area contributed by atoms with E-state index in [-0.39, 0.29) is 10.8 Å². The summed E-state index contributed by atoms with van der Waals surface area (Å²) in [7, 11) is 0. The van der Waals surface area contributed by atoms with E-state index < -0.39 is 6.85 Å². The van der Waals surface area contributed by atoms with Gasteiger partial charge in [0.05, 0.1) is 33.5 Å². The SMILES string of the molecule is [2H]C([2H])([2H])c1cc(C(C)(C)C)cc(C)c1-c1ccnc(-n2c3ccccc3c3ccc(Oc4cc(N5CN(c6cccc(C(C)(C)C)c6)c6ccccc65)cc5oc6ccccc6c45)cc32)c1. The van der Waals surface area contributed by atoms with Crippen LogP contribution in [-0.4, -0.2) is 16.2 Å². The third-order valence-electron chi connectivity index (χ3n) is 12.8. The molecular formula is C58H52N4O2. The summed E-state index contributed by atoms with van der Waals surface area (Å²) in [5.41, 5.74) is 12.5. The number of rotatable bonds is 6. The van der Waals surface area contributed by atoms with Gasteiger partial charge >= 0.3 is 0 Å². The van der Waals surface area contributed by atoms with Gasteiger partial charge in [0, 0.05) is 50.4 Å². The molecule has 0 aliphatic carbocycles. The first kappa shape index (κ1) is 36.2. The van der Waals surface area contributed by atoms with E-state index in [9.17, 15) is 0 Å². The Morgan fingerprint density at radius 3 is 2.08 bits per heavy atom. The van der Waals surface area contributed by atoms with Crippen molar-refractivity contribution in [2.45, 2.75) is 66.1 Å². The van der Waals surface area contributed by atoms with Crippen LogP contribution < -0.4 is 14.5 Å². The van der Waals surface area contributed by atoms with Crippen molar-refractivity contribution >= 4 is 66.5 Å². The number of furan rings is 1. The van der Waals surface area contributed by atoms with Gasteiger partial charge in [0.2, 0.25) is 0 Å². The van der Waals surface area contributed by atoms with E-state index in [1.54, 1.807) is 6.20 Å². The molecule has 0 saturated heterocycles. The van der Waals surface area contributed by atoms with Gasteiger partial charge < -0.3 is 19.0 Å². The average molecular weight is 840 g/mol. The molecule has 0 radical (unpaired) electrons. The third-order valence-corrected chi connectivity index (χ3v) is 12.8. The van der Waals surface area contributed by atoms with E-state index in [0.29, 0.717) is 35.1 Å². The second kappa shape index (κ2) is 14.6. The summed E-state index contributed by atoms with van der Waals surface area (Å²) in [4.78, 5) is 9.64. The van der Waals surface area contributed by atoms with Crippen molar-refractivity contribution in [3.63, 3.8) is 0 Å². The molecule has 3 aromatic heterocycles. The zero-order chi connectivity index (χ0) is 46.6. The number of anilines is 4. The topological polar surface area (TPSA) is 46.7 Å². The molecule has 0 bridgehead atoms. The zero-order valence-corrected chi connectivity index (χ0v) is 37.3. The molecule has 11 rings (SSSR count). The lowest BCUT2D eigenvalue weighted by Gasteiger charge is -2.25. The summed E-state index contributed by atoms with van der Waals surface area (Å²) in [6.45, 7) is 13.4. The molecule has 64 heavy (non-hydrogen) atoms. The maximum absolute atomic E-state index is 8.62. The Labute approximate surface area is 379 Å². The van der Waals surface area contributed by atoms with Gasteiger partial charge in [-0.25, -0.2) is 4.98 Å².